The molecular weight excluding hydrogens is 510 g/mol. The second-order valence-electron chi connectivity index (χ2n) is 9.03. The first-order chi connectivity index (χ1) is 17.5. The largest absolute Gasteiger partial charge is 0.416 e. The summed E-state index contributed by atoms with van der Waals surface area (Å²) in [6, 6.07) is 24.2. The van der Waals surface area contributed by atoms with E-state index in [1.54, 1.807) is 12.1 Å². The summed E-state index contributed by atoms with van der Waals surface area (Å²) in [5.74, 6) is 0. The first-order valence-corrected chi connectivity index (χ1v) is 11.6. The summed E-state index contributed by atoms with van der Waals surface area (Å²) >= 11 is 6.33. The predicted molar refractivity (Wildman–Crippen MR) is 136 cm³/mol. The zero-order chi connectivity index (χ0) is 26.1. The van der Waals surface area contributed by atoms with Crippen LogP contribution in [0.5, 0.6) is 0 Å². The maximum atomic E-state index is 13.4. The lowest BCUT2D eigenvalue weighted by molar-refractivity contribution is -0.143. The van der Waals surface area contributed by atoms with Crippen molar-refractivity contribution in [1.29, 1.82) is 0 Å². The van der Waals surface area contributed by atoms with E-state index in [1.165, 1.54) is 6.07 Å². The molecule has 0 amide bonds. The monoisotopic (exact) mass is 524 g/mol. The van der Waals surface area contributed by atoms with Gasteiger partial charge in [-0.15, -0.1) is 0 Å². The summed E-state index contributed by atoms with van der Waals surface area (Å²) in [7, 11) is 0. The van der Waals surface area contributed by atoms with E-state index >= 15 is 0 Å². The van der Waals surface area contributed by atoms with Gasteiger partial charge in [0, 0.05) is 5.02 Å². The number of hydrogen-bond acceptors (Lipinski definition) is 0. The summed E-state index contributed by atoms with van der Waals surface area (Å²) in [4.78, 5) is 0. The standard InChI is InChI=1S/C30H15ClF6/c31-26-13-21(10-22(14-26)23-11-24(29(32,33)34)15-25(12-23)30(35,36)37)20-8-18-6-4-16-2-1-3-17-5-7-19(9-20)28(18)27(16)17/h1-15H. The van der Waals surface area contributed by atoms with Crippen LogP contribution < -0.4 is 0 Å². The highest BCUT2D eigenvalue weighted by Crippen LogP contribution is 2.41. The molecule has 0 atom stereocenters. The Morgan fingerprint density at radius 3 is 1.32 bits per heavy atom. The van der Waals surface area contributed by atoms with Gasteiger partial charge in [-0.1, -0.05) is 54.1 Å². The van der Waals surface area contributed by atoms with Gasteiger partial charge in [-0.3, -0.25) is 0 Å². The number of benzene rings is 6. The molecule has 6 aromatic carbocycles. The zero-order valence-electron chi connectivity index (χ0n) is 18.8. The molecule has 0 fully saturated rings. The average molecular weight is 525 g/mol. The molecule has 0 aliphatic heterocycles. The Balaban J connectivity index is 1.55. The lowest BCUT2D eigenvalue weighted by atomic mass is 9.90. The van der Waals surface area contributed by atoms with Crippen molar-refractivity contribution in [3.63, 3.8) is 0 Å². The van der Waals surface area contributed by atoms with Crippen LogP contribution in [0.25, 0.3) is 54.6 Å². The Kier molecular flexibility index (Phi) is 5.18. The highest BCUT2D eigenvalue weighted by Gasteiger charge is 2.37. The molecule has 6 rings (SSSR count). The molecule has 0 nitrogen and oxygen atoms in total. The maximum Gasteiger partial charge on any atom is 0.416 e. The van der Waals surface area contributed by atoms with Crippen LogP contribution in [0, 0.1) is 0 Å². The summed E-state index contributed by atoms with van der Waals surface area (Å²) in [6.45, 7) is 0. The molecule has 0 heterocycles. The van der Waals surface area contributed by atoms with E-state index in [0.717, 1.165) is 37.9 Å². The van der Waals surface area contributed by atoms with E-state index in [9.17, 15) is 26.3 Å². The average Bonchev–Trinajstić information content (AvgIpc) is 2.85. The topological polar surface area (TPSA) is 0 Å². The minimum absolute atomic E-state index is 0.119. The Hall–Kier alpha value is -3.77. The third-order valence-corrected chi connectivity index (χ3v) is 6.83. The molecule has 0 saturated carbocycles. The molecule has 0 aromatic heterocycles. The maximum absolute atomic E-state index is 13.4. The highest BCUT2D eigenvalue weighted by molar-refractivity contribution is 6.31. The number of rotatable bonds is 2. The third-order valence-electron chi connectivity index (χ3n) is 6.62. The molecular formula is C30H15ClF6. The van der Waals surface area contributed by atoms with Crippen LogP contribution in [0.4, 0.5) is 26.3 Å². The van der Waals surface area contributed by atoms with Gasteiger partial charge in [0.05, 0.1) is 11.1 Å². The Labute approximate surface area is 212 Å². The minimum atomic E-state index is -4.94. The predicted octanol–water partition coefficient (Wildman–Crippen LogP) is 10.6. The van der Waals surface area contributed by atoms with Crippen LogP contribution in [-0.4, -0.2) is 0 Å². The van der Waals surface area contributed by atoms with Crippen molar-refractivity contribution in [3.05, 3.63) is 107 Å². The molecule has 0 saturated heterocycles. The highest BCUT2D eigenvalue weighted by atomic mass is 35.5. The van der Waals surface area contributed by atoms with E-state index in [4.69, 9.17) is 11.6 Å². The van der Waals surface area contributed by atoms with Gasteiger partial charge in [0.1, 0.15) is 0 Å². The number of halogens is 7. The molecule has 6 aromatic rings. The Morgan fingerprint density at radius 1 is 0.432 bits per heavy atom. The molecule has 0 aliphatic rings. The van der Waals surface area contributed by atoms with Crippen molar-refractivity contribution < 1.29 is 26.3 Å². The summed E-state index contributed by atoms with van der Waals surface area (Å²) in [5, 5.41) is 6.59. The van der Waals surface area contributed by atoms with Crippen molar-refractivity contribution in [3.8, 4) is 22.3 Å². The fourth-order valence-corrected chi connectivity index (χ4v) is 5.20. The van der Waals surface area contributed by atoms with Gasteiger partial charge < -0.3 is 0 Å². The van der Waals surface area contributed by atoms with E-state index in [1.807, 2.05) is 54.6 Å². The van der Waals surface area contributed by atoms with Gasteiger partial charge in [0.25, 0.3) is 0 Å². The van der Waals surface area contributed by atoms with E-state index in [0.29, 0.717) is 17.7 Å². The van der Waals surface area contributed by atoms with Crippen LogP contribution >= 0.6 is 11.6 Å². The fourth-order valence-electron chi connectivity index (χ4n) is 4.96. The van der Waals surface area contributed by atoms with Gasteiger partial charge in [0.15, 0.2) is 0 Å². The lowest BCUT2D eigenvalue weighted by Crippen LogP contribution is -2.11. The summed E-state index contributed by atoms with van der Waals surface area (Å²) < 4.78 is 80.5. The Morgan fingerprint density at radius 2 is 0.838 bits per heavy atom. The molecule has 0 bridgehead atoms. The molecule has 0 N–H and O–H groups in total. The van der Waals surface area contributed by atoms with E-state index in [2.05, 4.69) is 0 Å². The first-order valence-electron chi connectivity index (χ1n) is 11.3. The Bertz CT molecular complexity index is 1720. The van der Waals surface area contributed by atoms with Crippen LogP contribution in [0.3, 0.4) is 0 Å². The van der Waals surface area contributed by atoms with Crippen LogP contribution in [0.2, 0.25) is 5.02 Å². The molecule has 0 radical (unpaired) electrons. The molecule has 0 spiro atoms. The summed E-state index contributed by atoms with van der Waals surface area (Å²) in [6.07, 6.45) is -9.88. The van der Waals surface area contributed by atoms with Crippen molar-refractivity contribution in [1.82, 2.24) is 0 Å². The smallest absolute Gasteiger partial charge is 0.166 e. The van der Waals surface area contributed by atoms with E-state index < -0.39 is 23.5 Å². The third kappa shape index (κ3) is 4.15. The van der Waals surface area contributed by atoms with Crippen LogP contribution in [0.1, 0.15) is 11.1 Å². The van der Waals surface area contributed by atoms with E-state index in [-0.39, 0.29) is 22.2 Å². The van der Waals surface area contributed by atoms with Gasteiger partial charge >= 0.3 is 12.4 Å². The molecule has 0 unspecified atom stereocenters. The van der Waals surface area contributed by atoms with Gasteiger partial charge in [-0.05, 0) is 103 Å². The second-order valence-corrected chi connectivity index (χ2v) is 9.47. The quantitative estimate of drug-likeness (QED) is 0.156. The summed E-state index contributed by atoms with van der Waals surface area (Å²) in [5.41, 5.74) is -1.48. The van der Waals surface area contributed by atoms with Crippen LogP contribution in [-0.2, 0) is 12.4 Å². The molecule has 0 aliphatic carbocycles. The van der Waals surface area contributed by atoms with Crippen molar-refractivity contribution >= 4 is 43.9 Å². The molecule has 184 valence electrons. The van der Waals surface area contributed by atoms with Crippen molar-refractivity contribution in [2.24, 2.45) is 0 Å². The van der Waals surface area contributed by atoms with Gasteiger partial charge in [0.2, 0.25) is 0 Å². The van der Waals surface area contributed by atoms with Gasteiger partial charge in [-0.2, -0.15) is 26.3 Å². The van der Waals surface area contributed by atoms with Crippen molar-refractivity contribution in [2.45, 2.75) is 12.4 Å². The van der Waals surface area contributed by atoms with Gasteiger partial charge in [-0.25, -0.2) is 0 Å². The zero-order valence-corrected chi connectivity index (χ0v) is 19.6. The first kappa shape index (κ1) is 23.6. The second kappa shape index (κ2) is 8.12. The number of hydrogen-bond donors (Lipinski definition) is 0. The minimum Gasteiger partial charge on any atom is -0.166 e. The fraction of sp³-hybridized carbons (Fsp3) is 0.0667. The molecule has 37 heavy (non-hydrogen) atoms. The SMILES string of the molecule is FC(F)(F)c1cc(-c2cc(Cl)cc(-c3cc4ccc5cccc6ccc(c3)c4c56)c2)cc(C(F)(F)F)c1. The van der Waals surface area contributed by atoms with Crippen LogP contribution in [0.15, 0.2) is 91.0 Å². The molecule has 7 heteroatoms. The van der Waals surface area contributed by atoms with Crippen molar-refractivity contribution in [2.75, 3.05) is 0 Å². The normalized spacial score (nSPS) is 12.7. The number of alkyl halides is 6. The lowest BCUT2D eigenvalue weighted by Gasteiger charge is -2.16.